The van der Waals surface area contributed by atoms with E-state index in [1.54, 1.807) is 0 Å². The van der Waals surface area contributed by atoms with E-state index in [1.165, 1.54) is 0 Å². The largest absolute Gasteiger partial charge is 0.488 e. The van der Waals surface area contributed by atoms with Gasteiger partial charge in [0.1, 0.15) is 12.4 Å². The average molecular weight is 440 g/mol. The fourth-order valence-corrected chi connectivity index (χ4v) is 2.86. The summed E-state index contributed by atoms with van der Waals surface area (Å²) in [6.07, 6.45) is 0. The highest BCUT2D eigenvalue weighted by atomic mass is 127. The molecule has 0 saturated heterocycles. The molecule has 3 aromatic rings. The quantitative estimate of drug-likeness (QED) is 0.482. The van der Waals surface area contributed by atoms with Crippen molar-refractivity contribution >= 4 is 34.2 Å². The zero-order valence-corrected chi connectivity index (χ0v) is 15.7. The number of aromatic nitrogens is 1. The van der Waals surface area contributed by atoms with Gasteiger partial charge in [0, 0.05) is 5.02 Å². The van der Waals surface area contributed by atoms with Crippen LogP contribution in [0.4, 0.5) is 0 Å². The van der Waals surface area contributed by atoms with Crippen LogP contribution in [0.5, 0.6) is 5.75 Å². The van der Waals surface area contributed by atoms with Gasteiger partial charge in [-0.1, -0.05) is 47.1 Å². The van der Waals surface area contributed by atoms with Crippen molar-refractivity contribution in [3.8, 4) is 17.1 Å². The molecule has 0 spiro atoms. The van der Waals surface area contributed by atoms with E-state index in [9.17, 15) is 0 Å². The van der Waals surface area contributed by atoms with Crippen molar-refractivity contribution in [2.45, 2.75) is 20.5 Å². The number of hydrogen-bond acceptors (Lipinski definition) is 3. The minimum atomic E-state index is 0.485. The highest BCUT2D eigenvalue weighted by Gasteiger charge is 2.18. The lowest BCUT2D eigenvalue weighted by atomic mass is 10.1. The lowest BCUT2D eigenvalue weighted by Crippen LogP contribution is -1.98. The van der Waals surface area contributed by atoms with Crippen LogP contribution in [0.3, 0.4) is 0 Å². The molecule has 0 aliphatic carbocycles. The lowest BCUT2D eigenvalue weighted by Gasteiger charge is -2.12. The Morgan fingerprint density at radius 1 is 1.17 bits per heavy atom. The number of halogens is 2. The van der Waals surface area contributed by atoms with Gasteiger partial charge >= 0.3 is 0 Å². The monoisotopic (exact) mass is 439 g/mol. The molecule has 0 radical (unpaired) electrons. The summed E-state index contributed by atoms with van der Waals surface area (Å²) in [5.41, 5.74) is 3.74. The standard InChI is InChI=1S/C18H15ClINO2/c1-11-8-16(22-10-13-6-4-3-5-7-13)14(9-15(11)19)18-17(20)12(2)21-23-18/h3-9H,10H2,1-2H3. The minimum absolute atomic E-state index is 0.485. The molecule has 0 amide bonds. The summed E-state index contributed by atoms with van der Waals surface area (Å²) in [6.45, 7) is 4.35. The van der Waals surface area contributed by atoms with Gasteiger partial charge in [-0.3, -0.25) is 0 Å². The minimum Gasteiger partial charge on any atom is -0.488 e. The molecule has 23 heavy (non-hydrogen) atoms. The molecule has 0 fully saturated rings. The molecule has 2 aromatic carbocycles. The van der Waals surface area contributed by atoms with E-state index in [2.05, 4.69) is 27.7 Å². The Balaban J connectivity index is 1.98. The summed E-state index contributed by atoms with van der Waals surface area (Å²) >= 11 is 8.52. The van der Waals surface area contributed by atoms with E-state index in [-0.39, 0.29) is 0 Å². The van der Waals surface area contributed by atoms with Gasteiger partial charge in [-0.25, -0.2) is 0 Å². The first kappa shape index (κ1) is 16.3. The van der Waals surface area contributed by atoms with Crippen LogP contribution in [0.15, 0.2) is 47.0 Å². The van der Waals surface area contributed by atoms with E-state index in [1.807, 2.05) is 56.3 Å². The van der Waals surface area contributed by atoms with E-state index in [4.69, 9.17) is 20.9 Å². The first-order valence-electron chi connectivity index (χ1n) is 7.15. The van der Waals surface area contributed by atoms with Crippen LogP contribution < -0.4 is 4.74 Å². The van der Waals surface area contributed by atoms with Crippen LogP contribution in [0.25, 0.3) is 11.3 Å². The number of nitrogens with zero attached hydrogens (tertiary/aromatic N) is 1. The Morgan fingerprint density at radius 3 is 2.57 bits per heavy atom. The van der Waals surface area contributed by atoms with Crippen molar-refractivity contribution in [1.29, 1.82) is 0 Å². The van der Waals surface area contributed by atoms with Gasteiger partial charge < -0.3 is 9.26 Å². The molecule has 3 nitrogen and oxygen atoms in total. The van der Waals surface area contributed by atoms with Crippen molar-refractivity contribution in [2.75, 3.05) is 0 Å². The third kappa shape index (κ3) is 3.53. The summed E-state index contributed by atoms with van der Waals surface area (Å²) < 4.78 is 12.5. The van der Waals surface area contributed by atoms with Gasteiger partial charge in [0.2, 0.25) is 0 Å². The van der Waals surface area contributed by atoms with Crippen LogP contribution in [0.1, 0.15) is 16.8 Å². The van der Waals surface area contributed by atoms with Crippen LogP contribution in [0, 0.1) is 17.4 Å². The maximum atomic E-state index is 6.29. The second kappa shape index (κ2) is 6.93. The molecular weight excluding hydrogens is 425 g/mol. The summed E-state index contributed by atoms with van der Waals surface area (Å²) in [4.78, 5) is 0. The average Bonchev–Trinajstić information content (AvgIpc) is 2.89. The number of benzene rings is 2. The van der Waals surface area contributed by atoms with Gasteiger partial charge in [-0.15, -0.1) is 0 Å². The third-order valence-electron chi connectivity index (χ3n) is 3.53. The summed E-state index contributed by atoms with van der Waals surface area (Å²) in [5.74, 6) is 1.43. The van der Waals surface area contributed by atoms with Gasteiger partial charge in [-0.05, 0) is 59.7 Å². The summed E-state index contributed by atoms with van der Waals surface area (Å²) in [6, 6.07) is 13.9. The molecule has 0 bridgehead atoms. The molecule has 0 aliphatic heterocycles. The van der Waals surface area contributed by atoms with Crippen LogP contribution in [0.2, 0.25) is 5.02 Å². The smallest absolute Gasteiger partial charge is 0.184 e. The van der Waals surface area contributed by atoms with Crippen molar-refractivity contribution in [2.24, 2.45) is 0 Å². The Morgan fingerprint density at radius 2 is 1.91 bits per heavy atom. The summed E-state index contributed by atoms with van der Waals surface area (Å²) in [5, 5.41) is 4.70. The molecule has 3 rings (SSSR count). The molecule has 0 atom stereocenters. The van der Waals surface area contributed by atoms with E-state index in [0.29, 0.717) is 17.4 Å². The number of aryl methyl sites for hydroxylation is 2. The van der Waals surface area contributed by atoms with E-state index in [0.717, 1.165) is 31.7 Å². The first-order chi connectivity index (χ1) is 11.1. The van der Waals surface area contributed by atoms with Crippen LogP contribution >= 0.6 is 34.2 Å². The number of ether oxygens (including phenoxy) is 1. The normalized spacial score (nSPS) is 10.8. The fourth-order valence-electron chi connectivity index (χ4n) is 2.21. The summed E-state index contributed by atoms with van der Waals surface area (Å²) in [7, 11) is 0. The van der Waals surface area contributed by atoms with Gasteiger partial charge in [0.15, 0.2) is 5.76 Å². The second-order valence-electron chi connectivity index (χ2n) is 5.28. The van der Waals surface area contributed by atoms with Crippen LogP contribution in [-0.4, -0.2) is 5.16 Å². The predicted octanol–water partition coefficient (Wildman–Crippen LogP) is 5.80. The molecule has 0 saturated carbocycles. The molecule has 1 heterocycles. The van der Waals surface area contributed by atoms with Gasteiger partial charge in [0.05, 0.1) is 14.8 Å². The molecule has 0 unspecified atom stereocenters. The predicted molar refractivity (Wildman–Crippen MR) is 99.9 cm³/mol. The number of rotatable bonds is 4. The van der Waals surface area contributed by atoms with Gasteiger partial charge in [0.25, 0.3) is 0 Å². The van der Waals surface area contributed by atoms with E-state index >= 15 is 0 Å². The molecule has 5 heteroatoms. The molecular formula is C18H15ClINO2. The molecule has 1 aromatic heterocycles. The van der Waals surface area contributed by atoms with Crippen LogP contribution in [-0.2, 0) is 6.61 Å². The Labute approximate surface area is 153 Å². The fraction of sp³-hybridized carbons (Fsp3) is 0.167. The topological polar surface area (TPSA) is 35.3 Å². The molecule has 0 N–H and O–H groups in total. The lowest BCUT2D eigenvalue weighted by molar-refractivity contribution is 0.306. The van der Waals surface area contributed by atoms with E-state index < -0.39 is 0 Å². The Kier molecular flexibility index (Phi) is 4.92. The highest BCUT2D eigenvalue weighted by molar-refractivity contribution is 14.1. The Hall–Kier alpha value is -1.53. The molecule has 118 valence electrons. The zero-order valence-electron chi connectivity index (χ0n) is 12.8. The first-order valence-corrected chi connectivity index (χ1v) is 8.61. The van der Waals surface area contributed by atoms with Gasteiger partial charge in [-0.2, -0.15) is 0 Å². The zero-order chi connectivity index (χ0) is 16.4. The maximum Gasteiger partial charge on any atom is 0.184 e. The van der Waals surface area contributed by atoms with Crippen molar-refractivity contribution in [3.05, 3.63) is 67.9 Å². The highest BCUT2D eigenvalue weighted by Crippen LogP contribution is 2.38. The third-order valence-corrected chi connectivity index (χ3v) is 5.21. The molecule has 0 aliphatic rings. The van der Waals surface area contributed by atoms with Crippen molar-refractivity contribution in [1.82, 2.24) is 5.16 Å². The number of hydrogen-bond donors (Lipinski definition) is 0. The van der Waals surface area contributed by atoms with Crippen molar-refractivity contribution in [3.63, 3.8) is 0 Å². The maximum absolute atomic E-state index is 6.29. The van der Waals surface area contributed by atoms with Crippen molar-refractivity contribution < 1.29 is 9.26 Å². The Bertz CT molecular complexity index is 831. The second-order valence-corrected chi connectivity index (χ2v) is 6.77. The SMILES string of the molecule is Cc1cc(OCc2ccccc2)c(-c2onc(C)c2I)cc1Cl.